The van der Waals surface area contributed by atoms with Crippen LogP contribution in [0.25, 0.3) is 0 Å². The van der Waals surface area contributed by atoms with Gasteiger partial charge in [-0.05, 0) is 36.8 Å². The Morgan fingerprint density at radius 3 is 2.91 bits per heavy atom. The molecule has 0 saturated carbocycles. The minimum absolute atomic E-state index is 0.0145. The molecule has 2 aliphatic rings. The molecule has 2 aromatic carbocycles. The average Bonchev–Trinajstić information content (AvgIpc) is 2.59. The molecule has 4 rings (SSSR count). The summed E-state index contributed by atoms with van der Waals surface area (Å²) >= 11 is 0. The van der Waals surface area contributed by atoms with E-state index in [1.54, 1.807) is 0 Å². The first-order valence-electron chi connectivity index (χ1n) is 7.93. The molecule has 0 fully saturated rings. The molecule has 2 heterocycles. The van der Waals surface area contributed by atoms with E-state index < -0.39 is 0 Å². The summed E-state index contributed by atoms with van der Waals surface area (Å²) in [6.45, 7) is 4.81. The van der Waals surface area contributed by atoms with Gasteiger partial charge >= 0.3 is 0 Å². The Morgan fingerprint density at radius 1 is 1.09 bits per heavy atom. The van der Waals surface area contributed by atoms with Gasteiger partial charge in [0.25, 0.3) is 0 Å². The maximum absolute atomic E-state index is 6.02. The molecule has 0 aromatic heterocycles. The van der Waals surface area contributed by atoms with Crippen LogP contribution in [0.3, 0.4) is 0 Å². The van der Waals surface area contributed by atoms with Crippen LogP contribution < -0.4 is 24.8 Å². The van der Waals surface area contributed by atoms with Crippen molar-refractivity contribution in [1.82, 2.24) is 0 Å². The summed E-state index contributed by atoms with van der Waals surface area (Å²) < 4.78 is 17.5. The molecule has 1 unspecified atom stereocenters. The second-order valence-electron chi connectivity index (χ2n) is 5.86. The van der Waals surface area contributed by atoms with Crippen LogP contribution >= 0.6 is 0 Å². The number of benzene rings is 2. The molecule has 5 nitrogen and oxygen atoms in total. The summed E-state index contributed by atoms with van der Waals surface area (Å²) in [4.78, 5) is 0. The van der Waals surface area contributed by atoms with E-state index in [0.29, 0.717) is 13.2 Å². The minimum Gasteiger partial charge on any atom is -0.490 e. The van der Waals surface area contributed by atoms with E-state index >= 15 is 0 Å². The zero-order valence-electron chi connectivity index (χ0n) is 13.1. The van der Waals surface area contributed by atoms with Crippen LogP contribution in [0.1, 0.15) is 5.56 Å². The van der Waals surface area contributed by atoms with Crippen molar-refractivity contribution in [2.75, 3.05) is 36.9 Å². The number of fused-ring (bicyclic) bond motifs is 2. The Bertz CT molecular complexity index is 717. The van der Waals surface area contributed by atoms with Crippen molar-refractivity contribution in [3.63, 3.8) is 0 Å². The molecule has 0 amide bonds. The van der Waals surface area contributed by atoms with Crippen LogP contribution in [0.15, 0.2) is 36.4 Å². The number of hydrogen-bond donors (Lipinski definition) is 2. The van der Waals surface area contributed by atoms with Gasteiger partial charge in [0.15, 0.2) is 0 Å². The fourth-order valence-corrected chi connectivity index (χ4v) is 2.80. The average molecular weight is 312 g/mol. The predicted molar refractivity (Wildman–Crippen MR) is 90.0 cm³/mol. The maximum atomic E-state index is 6.02. The monoisotopic (exact) mass is 312 g/mol. The van der Waals surface area contributed by atoms with Gasteiger partial charge in [-0.3, -0.25) is 0 Å². The third kappa shape index (κ3) is 2.99. The number of rotatable bonds is 3. The third-order valence-corrected chi connectivity index (χ3v) is 4.01. The highest BCUT2D eigenvalue weighted by atomic mass is 16.5. The van der Waals surface area contributed by atoms with Crippen molar-refractivity contribution in [1.29, 1.82) is 0 Å². The van der Waals surface area contributed by atoms with Gasteiger partial charge in [0, 0.05) is 12.6 Å². The van der Waals surface area contributed by atoms with Crippen molar-refractivity contribution >= 4 is 11.4 Å². The molecule has 2 N–H and O–H groups in total. The van der Waals surface area contributed by atoms with Crippen LogP contribution in [-0.4, -0.2) is 32.4 Å². The molecule has 23 heavy (non-hydrogen) atoms. The molecule has 0 bridgehead atoms. The minimum atomic E-state index is -0.0145. The Balaban J connectivity index is 1.40. The van der Waals surface area contributed by atoms with Crippen LogP contribution in [0.4, 0.5) is 11.4 Å². The number of nitrogens with one attached hydrogen (secondary N) is 2. The highest BCUT2D eigenvalue weighted by molar-refractivity contribution is 5.60. The van der Waals surface area contributed by atoms with E-state index in [9.17, 15) is 0 Å². The zero-order valence-corrected chi connectivity index (χ0v) is 13.1. The van der Waals surface area contributed by atoms with Gasteiger partial charge < -0.3 is 24.8 Å². The molecular weight excluding hydrogens is 292 g/mol. The summed E-state index contributed by atoms with van der Waals surface area (Å²) in [7, 11) is 0. The Morgan fingerprint density at radius 2 is 1.96 bits per heavy atom. The quantitative estimate of drug-likeness (QED) is 0.912. The highest BCUT2D eigenvalue weighted by Crippen LogP contribution is 2.32. The van der Waals surface area contributed by atoms with Gasteiger partial charge in [0.05, 0.1) is 17.9 Å². The smallest absolute Gasteiger partial charge is 0.150 e. The summed E-state index contributed by atoms with van der Waals surface area (Å²) in [5.74, 6) is 2.53. The Labute approximate surface area is 135 Å². The lowest BCUT2D eigenvalue weighted by Gasteiger charge is -2.28. The lowest BCUT2D eigenvalue weighted by molar-refractivity contribution is 0.132. The van der Waals surface area contributed by atoms with Crippen LogP contribution in [0, 0.1) is 6.92 Å². The highest BCUT2D eigenvalue weighted by Gasteiger charge is 2.20. The lowest BCUT2D eigenvalue weighted by atomic mass is 10.1. The van der Waals surface area contributed by atoms with E-state index in [-0.39, 0.29) is 6.10 Å². The maximum Gasteiger partial charge on any atom is 0.150 e. The second-order valence-corrected chi connectivity index (χ2v) is 5.86. The van der Waals surface area contributed by atoms with Gasteiger partial charge in [-0.2, -0.15) is 0 Å². The van der Waals surface area contributed by atoms with Crippen LogP contribution in [0.5, 0.6) is 17.2 Å². The zero-order chi connectivity index (χ0) is 15.6. The molecule has 0 aliphatic carbocycles. The molecule has 1 atom stereocenters. The van der Waals surface area contributed by atoms with Crippen molar-refractivity contribution in [3.8, 4) is 17.2 Å². The number of hydrogen-bond acceptors (Lipinski definition) is 5. The predicted octanol–water partition coefficient (Wildman–Crippen LogP) is 3.05. The SMILES string of the molecule is Cc1ccc2c(c1)OC(COc1ccc3c(c1)OCCN3)CN2. The number of aryl methyl sites for hydroxylation is 1. The molecule has 0 saturated heterocycles. The third-order valence-electron chi connectivity index (χ3n) is 4.01. The summed E-state index contributed by atoms with van der Waals surface area (Å²) in [6, 6.07) is 12.0. The second kappa shape index (κ2) is 5.91. The first-order valence-corrected chi connectivity index (χ1v) is 7.93. The fraction of sp³-hybridized carbons (Fsp3) is 0.333. The van der Waals surface area contributed by atoms with E-state index in [0.717, 1.165) is 41.7 Å². The van der Waals surface area contributed by atoms with Crippen molar-refractivity contribution in [3.05, 3.63) is 42.0 Å². The standard InChI is InChI=1S/C18H20N2O3/c1-12-2-4-16-18(8-12)23-14(10-20-16)11-22-13-3-5-15-17(9-13)21-7-6-19-15/h2-5,8-9,14,19-20H,6-7,10-11H2,1H3. The Kier molecular flexibility index (Phi) is 3.61. The molecule has 5 heteroatoms. The van der Waals surface area contributed by atoms with E-state index in [1.807, 2.05) is 24.3 Å². The van der Waals surface area contributed by atoms with Crippen molar-refractivity contribution < 1.29 is 14.2 Å². The lowest BCUT2D eigenvalue weighted by Crippen LogP contribution is -2.35. The summed E-state index contributed by atoms with van der Waals surface area (Å²) in [5.41, 5.74) is 3.25. The van der Waals surface area contributed by atoms with Crippen molar-refractivity contribution in [2.45, 2.75) is 13.0 Å². The van der Waals surface area contributed by atoms with Gasteiger partial charge in [0.1, 0.15) is 36.6 Å². The summed E-state index contributed by atoms with van der Waals surface area (Å²) in [6.07, 6.45) is -0.0145. The topological polar surface area (TPSA) is 51.8 Å². The number of anilines is 2. The molecule has 2 aliphatic heterocycles. The van der Waals surface area contributed by atoms with Gasteiger partial charge in [-0.25, -0.2) is 0 Å². The van der Waals surface area contributed by atoms with Gasteiger partial charge in [-0.15, -0.1) is 0 Å². The first-order chi connectivity index (χ1) is 11.3. The fourth-order valence-electron chi connectivity index (χ4n) is 2.80. The summed E-state index contributed by atoms with van der Waals surface area (Å²) in [5, 5.41) is 6.68. The van der Waals surface area contributed by atoms with Crippen LogP contribution in [0.2, 0.25) is 0 Å². The Hall–Kier alpha value is -2.56. The van der Waals surface area contributed by atoms with E-state index in [4.69, 9.17) is 14.2 Å². The van der Waals surface area contributed by atoms with Gasteiger partial charge in [-0.1, -0.05) is 6.07 Å². The van der Waals surface area contributed by atoms with Crippen molar-refractivity contribution in [2.24, 2.45) is 0 Å². The van der Waals surface area contributed by atoms with E-state index in [2.05, 4.69) is 29.7 Å². The van der Waals surface area contributed by atoms with E-state index in [1.165, 1.54) is 5.56 Å². The normalized spacial score (nSPS) is 18.4. The molecular formula is C18H20N2O3. The number of ether oxygens (including phenoxy) is 3. The molecule has 120 valence electrons. The molecule has 0 radical (unpaired) electrons. The largest absolute Gasteiger partial charge is 0.490 e. The first kappa shape index (κ1) is 14.1. The van der Waals surface area contributed by atoms with Crippen LogP contribution in [-0.2, 0) is 0 Å². The molecule has 0 spiro atoms. The molecule has 2 aromatic rings. The van der Waals surface area contributed by atoms with Gasteiger partial charge in [0.2, 0.25) is 0 Å².